The topological polar surface area (TPSA) is 44.8 Å². The quantitative estimate of drug-likeness (QED) is 0.930. The Kier molecular flexibility index (Phi) is 4.32. The van der Waals surface area contributed by atoms with Gasteiger partial charge in [0.05, 0.1) is 12.4 Å². The first-order chi connectivity index (χ1) is 10.7. The van der Waals surface area contributed by atoms with Crippen molar-refractivity contribution in [3.8, 4) is 0 Å². The molecule has 2 aliphatic rings. The van der Waals surface area contributed by atoms with Crippen LogP contribution in [0.4, 0.5) is 4.79 Å². The molecule has 0 fully saturated rings. The smallest absolute Gasteiger partial charge is 0.410 e. The lowest BCUT2D eigenvalue weighted by atomic mass is 10.1. The molecule has 1 amide bonds. The zero-order valence-electron chi connectivity index (χ0n) is 12.8. The number of rotatable bonds is 3. The molecule has 0 saturated heterocycles. The van der Waals surface area contributed by atoms with Crippen LogP contribution in [-0.2, 0) is 11.3 Å². The number of benzene rings is 1. The molecule has 2 heterocycles. The second kappa shape index (κ2) is 6.56. The molecule has 0 aromatic heterocycles. The number of nitrogens with one attached hydrogen (secondary N) is 1. The highest BCUT2D eigenvalue weighted by atomic mass is 16.6. The van der Waals surface area contributed by atoms with Crippen LogP contribution in [0.2, 0.25) is 0 Å². The van der Waals surface area contributed by atoms with Gasteiger partial charge in [-0.2, -0.15) is 0 Å². The summed E-state index contributed by atoms with van der Waals surface area (Å²) >= 11 is 0. The van der Waals surface area contributed by atoms with Crippen LogP contribution in [0.15, 0.2) is 53.9 Å². The third-order valence-electron chi connectivity index (χ3n) is 3.98. The van der Waals surface area contributed by atoms with Gasteiger partial charge in [-0.25, -0.2) is 4.79 Å². The molecule has 0 bridgehead atoms. The van der Waals surface area contributed by atoms with Crippen molar-refractivity contribution in [2.24, 2.45) is 0 Å². The summed E-state index contributed by atoms with van der Waals surface area (Å²) in [7, 11) is 2.06. The van der Waals surface area contributed by atoms with Crippen molar-refractivity contribution in [3.63, 3.8) is 0 Å². The average molecular weight is 299 g/mol. The lowest BCUT2D eigenvalue weighted by molar-refractivity contribution is 0.0989. The van der Waals surface area contributed by atoms with E-state index in [1.807, 2.05) is 36.5 Å². The Morgan fingerprint density at radius 3 is 2.77 bits per heavy atom. The normalized spacial score (nSPS) is 17.7. The molecular weight excluding hydrogens is 278 g/mol. The summed E-state index contributed by atoms with van der Waals surface area (Å²) in [6.45, 7) is 2.47. The number of amides is 1. The van der Waals surface area contributed by atoms with E-state index < -0.39 is 0 Å². The van der Waals surface area contributed by atoms with Crippen LogP contribution in [0.5, 0.6) is 0 Å². The molecule has 5 nitrogen and oxygen atoms in total. The Balaban J connectivity index is 1.52. The molecule has 2 aliphatic heterocycles. The van der Waals surface area contributed by atoms with Gasteiger partial charge in [0.25, 0.3) is 0 Å². The van der Waals surface area contributed by atoms with E-state index in [0.717, 1.165) is 18.7 Å². The molecule has 0 atom stereocenters. The Morgan fingerprint density at radius 1 is 1.32 bits per heavy atom. The van der Waals surface area contributed by atoms with Crippen LogP contribution in [0.1, 0.15) is 12.0 Å². The van der Waals surface area contributed by atoms with Crippen LogP contribution in [0.3, 0.4) is 0 Å². The zero-order valence-corrected chi connectivity index (χ0v) is 12.8. The molecule has 5 heteroatoms. The fourth-order valence-corrected chi connectivity index (χ4v) is 2.69. The van der Waals surface area contributed by atoms with Gasteiger partial charge in [0.2, 0.25) is 0 Å². The van der Waals surface area contributed by atoms with Gasteiger partial charge in [0.1, 0.15) is 6.61 Å². The fourth-order valence-electron chi connectivity index (χ4n) is 2.69. The molecule has 3 rings (SSSR count). The predicted molar refractivity (Wildman–Crippen MR) is 84.7 cm³/mol. The monoisotopic (exact) mass is 299 g/mol. The van der Waals surface area contributed by atoms with E-state index in [4.69, 9.17) is 4.74 Å². The molecule has 116 valence electrons. The molecule has 1 aromatic carbocycles. The average Bonchev–Trinajstić information content (AvgIpc) is 3.00. The molecule has 0 aliphatic carbocycles. The third-order valence-corrected chi connectivity index (χ3v) is 3.98. The highest BCUT2D eigenvalue weighted by Crippen LogP contribution is 2.23. The van der Waals surface area contributed by atoms with Crippen LogP contribution >= 0.6 is 0 Å². The SMILES string of the molecule is CN1CNC=C1C1=CCN(C(=O)OCc2ccccc2)CC1. The van der Waals surface area contributed by atoms with E-state index in [0.29, 0.717) is 19.7 Å². The second-order valence-electron chi connectivity index (χ2n) is 5.56. The third kappa shape index (κ3) is 3.24. The van der Waals surface area contributed by atoms with Crippen molar-refractivity contribution in [2.45, 2.75) is 13.0 Å². The van der Waals surface area contributed by atoms with E-state index in [9.17, 15) is 4.79 Å². The Morgan fingerprint density at radius 2 is 2.14 bits per heavy atom. The molecule has 0 unspecified atom stereocenters. The van der Waals surface area contributed by atoms with Crippen molar-refractivity contribution in [2.75, 3.05) is 26.8 Å². The molecule has 1 N–H and O–H groups in total. The van der Waals surface area contributed by atoms with Gasteiger partial charge >= 0.3 is 6.09 Å². The minimum absolute atomic E-state index is 0.244. The zero-order chi connectivity index (χ0) is 15.4. The number of allylic oxidation sites excluding steroid dienone is 1. The fraction of sp³-hybridized carbons (Fsp3) is 0.353. The van der Waals surface area contributed by atoms with Crippen LogP contribution < -0.4 is 5.32 Å². The van der Waals surface area contributed by atoms with E-state index in [2.05, 4.69) is 23.3 Å². The lowest BCUT2D eigenvalue weighted by Gasteiger charge is -2.27. The maximum absolute atomic E-state index is 12.1. The highest BCUT2D eigenvalue weighted by Gasteiger charge is 2.22. The first-order valence-electron chi connectivity index (χ1n) is 7.54. The van der Waals surface area contributed by atoms with Crippen molar-refractivity contribution < 1.29 is 9.53 Å². The summed E-state index contributed by atoms with van der Waals surface area (Å²) in [5.74, 6) is 0. The first-order valence-corrected chi connectivity index (χ1v) is 7.54. The van der Waals surface area contributed by atoms with E-state index in [1.54, 1.807) is 4.90 Å². The van der Waals surface area contributed by atoms with Crippen molar-refractivity contribution in [1.29, 1.82) is 0 Å². The largest absolute Gasteiger partial charge is 0.445 e. The van der Waals surface area contributed by atoms with Crippen LogP contribution in [0, 0.1) is 0 Å². The van der Waals surface area contributed by atoms with Gasteiger partial charge in [0, 0.05) is 26.3 Å². The molecule has 0 saturated carbocycles. The number of carbonyl (C=O) groups is 1. The number of nitrogens with zero attached hydrogens (tertiary/aromatic N) is 2. The van der Waals surface area contributed by atoms with Crippen LogP contribution in [0.25, 0.3) is 0 Å². The summed E-state index contributed by atoms with van der Waals surface area (Å²) in [6, 6.07) is 9.75. The summed E-state index contributed by atoms with van der Waals surface area (Å²) < 4.78 is 5.37. The van der Waals surface area contributed by atoms with Crippen molar-refractivity contribution in [1.82, 2.24) is 15.1 Å². The minimum Gasteiger partial charge on any atom is -0.445 e. The van der Waals surface area contributed by atoms with Crippen LogP contribution in [-0.4, -0.2) is 42.7 Å². The lowest BCUT2D eigenvalue weighted by Crippen LogP contribution is -2.36. The molecule has 0 radical (unpaired) electrons. The highest BCUT2D eigenvalue weighted by molar-refractivity contribution is 5.68. The molecule has 0 spiro atoms. The summed E-state index contributed by atoms with van der Waals surface area (Å²) in [6.07, 6.45) is 4.77. The van der Waals surface area contributed by atoms with Gasteiger partial charge in [-0.05, 0) is 17.6 Å². The van der Waals surface area contributed by atoms with Gasteiger partial charge in [0.15, 0.2) is 0 Å². The predicted octanol–water partition coefficient (Wildman–Crippen LogP) is 2.29. The molecule has 1 aromatic rings. The number of carbonyl (C=O) groups excluding carboxylic acids is 1. The number of likely N-dealkylation sites (N-methyl/N-ethyl adjacent to an activating group) is 1. The van der Waals surface area contributed by atoms with E-state index >= 15 is 0 Å². The molecule has 22 heavy (non-hydrogen) atoms. The second-order valence-corrected chi connectivity index (χ2v) is 5.56. The van der Waals surface area contributed by atoms with Gasteiger partial charge in [-0.3, -0.25) is 0 Å². The number of hydrogen-bond acceptors (Lipinski definition) is 4. The maximum atomic E-state index is 12.1. The van der Waals surface area contributed by atoms with Crippen molar-refractivity contribution >= 4 is 6.09 Å². The van der Waals surface area contributed by atoms with E-state index in [-0.39, 0.29) is 6.09 Å². The summed E-state index contributed by atoms with van der Waals surface area (Å²) in [4.78, 5) is 16.0. The Labute approximate surface area is 130 Å². The van der Waals surface area contributed by atoms with E-state index in [1.165, 1.54) is 11.3 Å². The van der Waals surface area contributed by atoms with Gasteiger partial charge in [-0.15, -0.1) is 0 Å². The Hall–Kier alpha value is -2.43. The number of ether oxygens (including phenoxy) is 1. The van der Waals surface area contributed by atoms with Gasteiger partial charge in [-0.1, -0.05) is 36.4 Å². The molecular formula is C17H21N3O2. The first kappa shape index (κ1) is 14.5. The standard InChI is InChI=1S/C17H21N3O2/c1-19-13-18-11-16(19)15-7-9-20(10-8-15)17(21)22-12-14-5-3-2-4-6-14/h2-7,11,18H,8-10,12-13H2,1H3. The Bertz CT molecular complexity index is 595. The summed E-state index contributed by atoms with van der Waals surface area (Å²) in [5.41, 5.74) is 3.52. The van der Waals surface area contributed by atoms with Crippen molar-refractivity contribution in [3.05, 3.63) is 59.4 Å². The van der Waals surface area contributed by atoms with Gasteiger partial charge < -0.3 is 19.9 Å². The number of hydrogen-bond donors (Lipinski definition) is 1. The summed E-state index contributed by atoms with van der Waals surface area (Å²) in [5, 5.41) is 3.21. The minimum atomic E-state index is -0.244. The maximum Gasteiger partial charge on any atom is 0.410 e.